The van der Waals surface area contributed by atoms with E-state index in [1.54, 1.807) is 18.2 Å². The number of nitrogens with two attached hydrogens (primary N) is 1. The van der Waals surface area contributed by atoms with Gasteiger partial charge in [-0.2, -0.15) is 0 Å². The lowest BCUT2D eigenvalue weighted by molar-refractivity contribution is -0.131. The van der Waals surface area contributed by atoms with Crippen molar-refractivity contribution in [3.05, 3.63) is 105 Å². The van der Waals surface area contributed by atoms with Crippen LogP contribution in [-0.4, -0.2) is 54.2 Å². The molecule has 5 N–H and O–H groups in total. The van der Waals surface area contributed by atoms with Gasteiger partial charge in [0.05, 0.1) is 37.8 Å². The fourth-order valence-corrected chi connectivity index (χ4v) is 4.70. The van der Waals surface area contributed by atoms with Crippen molar-refractivity contribution in [2.24, 2.45) is 5.73 Å². The summed E-state index contributed by atoms with van der Waals surface area (Å²) in [6.07, 6.45) is 0.226. The summed E-state index contributed by atoms with van der Waals surface area (Å²) in [5.41, 5.74) is 8.05. The molecule has 0 aromatic heterocycles. The summed E-state index contributed by atoms with van der Waals surface area (Å²) in [5.74, 6) is -0.470. The number of carbonyl (C=O) groups is 2. The zero-order valence-corrected chi connectivity index (χ0v) is 24.6. The Morgan fingerprint density at radius 2 is 1.45 bits per heavy atom. The molecule has 1 aliphatic heterocycles. The minimum absolute atomic E-state index is 0.0268. The smallest absolute Gasteiger partial charge is 0.246 e. The number of nitrogens with one attached hydrogen (secondary N) is 1. The first-order valence-electron chi connectivity index (χ1n) is 12.4. The number of alkyl halides is 1. The lowest BCUT2D eigenvalue weighted by Gasteiger charge is -2.24. The van der Waals surface area contributed by atoms with Gasteiger partial charge < -0.3 is 26.0 Å². The molecular weight excluding hydrogens is 598 g/mol. The molecule has 3 atom stereocenters. The molecule has 11 heteroatoms. The third-order valence-corrected chi connectivity index (χ3v) is 7.15. The van der Waals surface area contributed by atoms with Gasteiger partial charge in [0, 0.05) is 27.4 Å². The summed E-state index contributed by atoms with van der Waals surface area (Å²) >= 11 is 23.2. The highest BCUT2D eigenvalue weighted by atomic mass is 35.5. The van der Waals surface area contributed by atoms with Crippen molar-refractivity contribution in [2.75, 3.05) is 32.3 Å². The number of hydrogen-bond acceptors (Lipinski definition) is 6. The van der Waals surface area contributed by atoms with Crippen molar-refractivity contribution in [1.82, 2.24) is 5.32 Å². The molecule has 1 saturated heterocycles. The van der Waals surface area contributed by atoms with E-state index in [9.17, 15) is 14.7 Å². The Labute approximate surface area is 254 Å². The van der Waals surface area contributed by atoms with Crippen LogP contribution in [0.2, 0.25) is 15.1 Å². The fourth-order valence-electron chi connectivity index (χ4n) is 3.75. The van der Waals surface area contributed by atoms with Crippen LogP contribution in [-0.2, 0) is 14.3 Å². The summed E-state index contributed by atoms with van der Waals surface area (Å²) in [7, 11) is 0. The summed E-state index contributed by atoms with van der Waals surface area (Å²) in [4.78, 5) is 22.3. The number of aliphatic hydroxyl groups is 2. The number of carbonyl (C=O) groups excluding carboxylic acids is 2. The predicted molar refractivity (Wildman–Crippen MR) is 160 cm³/mol. The van der Waals surface area contributed by atoms with Gasteiger partial charge in [0.1, 0.15) is 12.4 Å². The number of benzene rings is 3. The maximum absolute atomic E-state index is 11.2. The normalized spacial score (nSPS) is 15.9. The molecule has 3 aromatic carbocycles. The van der Waals surface area contributed by atoms with Gasteiger partial charge in [-0.05, 0) is 34.9 Å². The van der Waals surface area contributed by atoms with Gasteiger partial charge in [0.2, 0.25) is 5.91 Å². The average Bonchev–Trinajstić information content (AvgIpc) is 2.97. The Morgan fingerprint density at radius 1 is 0.900 bits per heavy atom. The summed E-state index contributed by atoms with van der Waals surface area (Å²) in [5, 5.41) is 22.6. The van der Waals surface area contributed by atoms with E-state index in [0.717, 1.165) is 16.7 Å². The number of rotatable bonds is 8. The molecule has 1 heterocycles. The Balaban J connectivity index is 0.000000213. The molecule has 1 amide bonds. The lowest BCUT2D eigenvalue weighted by Crippen LogP contribution is -2.39. The maximum Gasteiger partial charge on any atom is 0.246 e. The van der Waals surface area contributed by atoms with Crippen LogP contribution in [0.4, 0.5) is 0 Å². The zero-order chi connectivity index (χ0) is 29.5. The molecule has 1 fully saturated rings. The number of aliphatic hydroxyl groups excluding tert-OH is 2. The Hall–Kier alpha value is -2.20. The van der Waals surface area contributed by atoms with E-state index in [4.69, 9.17) is 62.0 Å². The maximum atomic E-state index is 11.2. The van der Waals surface area contributed by atoms with Crippen LogP contribution >= 0.6 is 46.4 Å². The molecule has 216 valence electrons. The van der Waals surface area contributed by atoms with E-state index in [1.165, 1.54) is 0 Å². The van der Waals surface area contributed by atoms with E-state index in [2.05, 4.69) is 5.32 Å². The van der Waals surface area contributed by atoms with Crippen molar-refractivity contribution in [2.45, 2.75) is 24.4 Å². The third-order valence-electron chi connectivity index (χ3n) is 5.82. The molecular formula is C29H32Cl4N2O5. The van der Waals surface area contributed by atoms with Gasteiger partial charge in [-0.15, -0.1) is 11.6 Å². The highest BCUT2D eigenvalue weighted by Crippen LogP contribution is 2.27. The lowest BCUT2D eigenvalue weighted by atomic mass is 9.95. The molecule has 0 saturated carbocycles. The third kappa shape index (κ3) is 11.0. The van der Waals surface area contributed by atoms with Gasteiger partial charge in [0.15, 0.2) is 0 Å². The van der Waals surface area contributed by atoms with Crippen molar-refractivity contribution in [1.29, 1.82) is 0 Å². The summed E-state index contributed by atoms with van der Waals surface area (Å²) in [6.45, 7) is 0.437. The Morgan fingerprint density at radius 3 is 1.95 bits per heavy atom. The highest BCUT2D eigenvalue weighted by molar-refractivity contribution is 6.32. The molecule has 40 heavy (non-hydrogen) atoms. The fraction of sp³-hybridized carbons (Fsp3) is 0.310. The first-order valence-corrected chi connectivity index (χ1v) is 14.0. The number of Topliss-reactive ketones (excluding diaryl/α,β-unsaturated/α-hetero) is 1. The van der Waals surface area contributed by atoms with Crippen LogP contribution in [0.3, 0.4) is 0 Å². The first kappa shape index (κ1) is 34.0. The standard InChI is InChI=1S/C11H12Cl2O2.C10H10ClNO2.C8H10ClNO/c12-6-9(15)5-8(7-14)10-3-1-2-4-11(10)13;11-8-4-2-1-3-7(8)9-5-14-6-10(13)12-9;9-7-4-2-1-3-6(7)8(10)5-11/h1-4,8,14H,5-7H2;1-4,9H,5-6H2,(H,12,13);1-4,8,11H,5,10H2. The second-order valence-electron chi connectivity index (χ2n) is 8.74. The number of halogens is 4. The highest BCUT2D eigenvalue weighted by Gasteiger charge is 2.21. The van der Waals surface area contributed by atoms with Crippen LogP contribution in [0.15, 0.2) is 72.8 Å². The Kier molecular flexibility index (Phi) is 15.5. The van der Waals surface area contributed by atoms with Crippen LogP contribution in [0, 0.1) is 0 Å². The van der Waals surface area contributed by atoms with E-state index in [0.29, 0.717) is 21.7 Å². The average molecular weight is 630 g/mol. The molecule has 7 nitrogen and oxygen atoms in total. The molecule has 0 bridgehead atoms. The summed E-state index contributed by atoms with van der Waals surface area (Å²) in [6, 6.07) is 21.4. The van der Waals surface area contributed by atoms with Crippen molar-refractivity contribution in [3.63, 3.8) is 0 Å². The number of morpholine rings is 1. The molecule has 4 rings (SSSR count). The van der Waals surface area contributed by atoms with E-state index < -0.39 is 0 Å². The minimum atomic E-state index is -0.372. The van der Waals surface area contributed by atoms with Crippen molar-refractivity contribution >= 4 is 58.1 Å². The van der Waals surface area contributed by atoms with Gasteiger partial charge in [-0.1, -0.05) is 89.4 Å². The van der Waals surface area contributed by atoms with Crippen molar-refractivity contribution in [3.8, 4) is 0 Å². The SMILES string of the molecule is NC(CO)c1ccccc1Cl.O=C(CCl)CC(CO)c1ccccc1Cl.O=C1COCC(c2ccccc2Cl)N1. The Bertz CT molecular complexity index is 1230. The van der Waals surface area contributed by atoms with Crippen molar-refractivity contribution < 1.29 is 24.5 Å². The predicted octanol–water partition coefficient (Wildman–Crippen LogP) is 5.47. The summed E-state index contributed by atoms with van der Waals surface area (Å²) < 4.78 is 5.13. The van der Waals surface area contributed by atoms with E-state index in [1.807, 2.05) is 54.6 Å². The van der Waals surface area contributed by atoms with Crippen LogP contribution in [0.25, 0.3) is 0 Å². The number of amides is 1. The molecule has 0 radical (unpaired) electrons. The van der Waals surface area contributed by atoms with E-state index in [-0.39, 0.29) is 61.8 Å². The molecule has 3 aromatic rings. The molecule has 0 spiro atoms. The topological polar surface area (TPSA) is 122 Å². The van der Waals surface area contributed by atoms with Gasteiger partial charge >= 0.3 is 0 Å². The monoisotopic (exact) mass is 628 g/mol. The second-order valence-corrected chi connectivity index (χ2v) is 10.2. The second kappa shape index (κ2) is 18.3. The zero-order valence-electron chi connectivity index (χ0n) is 21.6. The van der Waals surface area contributed by atoms with Gasteiger partial charge in [-0.25, -0.2) is 0 Å². The quantitative estimate of drug-likeness (QED) is 0.245. The first-order chi connectivity index (χ1) is 19.2. The minimum Gasteiger partial charge on any atom is -0.396 e. The van der Waals surface area contributed by atoms with Crippen LogP contribution in [0.5, 0.6) is 0 Å². The number of hydrogen-bond donors (Lipinski definition) is 4. The molecule has 3 unspecified atom stereocenters. The van der Waals surface area contributed by atoms with Crippen LogP contribution in [0.1, 0.15) is 41.1 Å². The van der Waals surface area contributed by atoms with E-state index >= 15 is 0 Å². The molecule has 0 aliphatic carbocycles. The largest absolute Gasteiger partial charge is 0.396 e. The van der Waals surface area contributed by atoms with Crippen LogP contribution < -0.4 is 11.1 Å². The van der Waals surface area contributed by atoms with Gasteiger partial charge in [0.25, 0.3) is 0 Å². The number of ketones is 1. The van der Waals surface area contributed by atoms with Gasteiger partial charge in [-0.3, -0.25) is 9.59 Å². The molecule has 1 aliphatic rings. The number of ether oxygens (including phenoxy) is 1.